The third-order valence-electron chi connectivity index (χ3n) is 2.57. The second-order valence-electron chi connectivity index (χ2n) is 4.03. The van der Waals surface area contributed by atoms with Crippen molar-refractivity contribution in [2.45, 2.75) is 13.0 Å². The van der Waals surface area contributed by atoms with Crippen LogP contribution in [0.4, 0.5) is 4.39 Å². The summed E-state index contributed by atoms with van der Waals surface area (Å²) in [6.45, 7) is 1.06. The predicted octanol–water partition coefficient (Wildman–Crippen LogP) is 3.22. The number of hydrogen-bond acceptors (Lipinski definition) is 2. The molecule has 3 nitrogen and oxygen atoms in total. The topological polar surface area (TPSA) is 31.2 Å². The Morgan fingerprint density at radius 3 is 2.63 bits per heavy atom. The molecule has 0 fully saturated rings. The SMILES string of the molecule is O=c1ccc(Br)cn1CCCOc1ccc(F)cc1. The minimum atomic E-state index is -0.284. The Morgan fingerprint density at radius 1 is 1.16 bits per heavy atom. The lowest BCUT2D eigenvalue weighted by molar-refractivity contribution is 0.300. The van der Waals surface area contributed by atoms with Crippen LogP contribution in [0.2, 0.25) is 0 Å². The van der Waals surface area contributed by atoms with Crippen molar-refractivity contribution in [3.63, 3.8) is 0 Å². The molecule has 0 aliphatic carbocycles. The highest BCUT2D eigenvalue weighted by molar-refractivity contribution is 9.10. The fraction of sp³-hybridized carbons (Fsp3) is 0.214. The quantitative estimate of drug-likeness (QED) is 0.790. The van der Waals surface area contributed by atoms with Gasteiger partial charge in [0.15, 0.2) is 0 Å². The zero-order chi connectivity index (χ0) is 13.7. The molecule has 19 heavy (non-hydrogen) atoms. The van der Waals surface area contributed by atoms with E-state index in [-0.39, 0.29) is 11.4 Å². The van der Waals surface area contributed by atoms with E-state index in [9.17, 15) is 9.18 Å². The van der Waals surface area contributed by atoms with Crippen molar-refractivity contribution in [2.75, 3.05) is 6.61 Å². The third-order valence-corrected chi connectivity index (χ3v) is 3.04. The minimum Gasteiger partial charge on any atom is -0.494 e. The number of benzene rings is 1. The van der Waals surface area contributed by atoms with Crippen LogP contribution >= 0.6 is 15.9 Å². The minimum absolute atomic E-state index is 0.0371. The van der Waals surface area contributed by atoms with Gasteiger partial charge in [-0.05, 0) is 52.7 Å². The second kappa shape index (κ2) is 6.52. The standard InChI is InChI=1S/C14H13BrFNO2/c15-11-2-7-14(18)17(10-11)8-1-9-19-13-5-3-12(16)4-6-13/h2-7,10H,1,8-9H2. The lowest BCUT2D eigenvalue weighted by Gasteiger charge is -2.08. The normalized spacial score (nSPS) is 10.4. The van der Waals surface area contributed by atoms with Gasteiger partial charge in [-0.1, -0.05) is 0 Å². The van der Waals surface area contributed by atoms with Gasteiger partial charge < -0.3 is 9.30 Å². The van der Waals surface area contributed by atoms with Gasteiger partial charge in [-0.25, -0.2) is 4.39 Å². The number of aromatic nitrogens is 1. The van der Waals surface area contributed by atoms with Crippen molar-refractivity contribution in [1.29, 1.82) is 0 Å². The van der Waals surface area contributed by atoms with Crippen molar-refractivity contribution < 1.29 is 9.13 Å². The largest absolute Gasteiger partial charge is 0.494 e. The van der Waals surface area contributed by atoms with Crippen molar-refractivity contribution >= 4 is 15.9 Å². The summed E-state index contributed by atoms with van der Waals surface area (Å²) in [5.41, 5.74) is -0.0371. The van der Waals surface area contributed by atoms with Crippen molar-refractivity contribution in [2.24, 2.45) is 0 Å². The molecular formula is C14H13BrFNO2. The molecule has 0 unspecified atom stereocenters. The van der Waals surface area contributed by atoms with Crippen LogP contribution in [-0.2, 0) is 6.54 Å². The van der Waals surface area contributed by atoms with Crippen molar-refractivity contribution in [1.82, 2.24) is 4.57 Å². The smallest absolute Gasteiger partial charge is 0.250 e. The van der Waals surface area contributed by atoms with Crippen LogP contribution in [-0.4, -0.2) is 11.2 Å². The summed E-state index contributed by atoms with van der Waals surface area (Å²) in [6.07, 6.45) is 2.45. The molecule has 1 heterocycles. The van der Waals surface area contributed by atoms with Gasteiger partial charge in [-0.3, -0.25) is 4.79 Å². The van der Waals surface area contributed by atoms with Crippen LogP contribution in [0.3, 0.4) is 0 Å². The Hall–Kier alpha value is -1.62. The maximum Gasteiger partial charge on any atom is 0.250 e. The number of halogens is 2. The summed E-state index contributed by atoms with van der Waals surface area (Å²) < 4.78 is 20.6. The highest BCUT2D eigenvalue weighted by Crippen LogP contribution is 2.11. The average Bonchev–Trinajstić information content (AvgIpc) is 2.40. The summed E-state index contributed by atoms with van der Waals surface area (Å²) in [7, 11) is 0. The van der Waals surface area contributed by atoms with Crippen molar-refractivity contribution in [3.8, 4) is 5.75 Å². The Labute approximate surface area is 118 Å². The predicted molar refractivity (Wildman–Crippen MR) is 74.9 cm³/mol. The molecule has 0 radical (unpaired) electrons. The van der Waals surface area contributed by atoms with E-state index in [1.165, 1.54) is 18.2 Å². The van der Waals surface area contributed by atoms with Gasteiger partial charge in [-0.15, -0.1) is 0 Å². The third kappa shape index (κ3) is 4.21. The van der Waals surface area contributed by atoms with E-state index in [1.54, 1.807) is 29.0 Å². The molecule has 0 aliphatic heterocycles. The summed E-state index contributed by atoms with van der Waals surface area (Å²) in [6, 6.07) is 9.11. The van der Waals surface area contributed by atoms with Crippen LogP contribution in [0.25, 0.3) is 0 Å². The van der Waals surface area contributed by atoms with Crippen LogP contribution in [0.15, 0.2) is 51.9 Å². The zero-order valence-electron chi connectivity index (χ0n) is 10.2. The van der Waals surface area contributed by atoms with Crippen LogP contribution in [0.1, 0.15) is 6.42 Å². The Balaban J connectivity index is 1.82. The van der Waals surface area contributed by atoms with E-state index in [1.807, 2.05) is 0 Å². The molecule has 2 rings (SSSR count). The summed E-state index contributed by atoms with van der Waals surface area (Å²) in [5.74, 6) is 0.344. The van der Waals surface area contributed by atoms with Gasteiger partial charge in [0.2, 0.25) is 0 Å². The summed E-state index contributed by atoms with van der Waals surface area (Å²) in [5, 5.41) is 0. The number of ether oxygens (including phenoxy) is 1. The number of rotatable bonds is 5. The molecule has 0 bridgehead atoms. The first-order valence-corrected chi connectivity index (χ1v) is 6.69. The van der Waals surface area contributed by atoms with Gasteiger partial charge >= 0.3 is 0 Å². The first-order valence-electron chi connectivity index (χ1n) is 5.89. The summed E-state index contributed by atoms with van der Waals surface area (Å²) in [4.78, 5) is 11.5. The fourth-order valence-corrected chi connectivity index (χ4v) is 2.01. The molecule has 5 heteroatoms. The molecular weight excluding hydrogens is 313 g/mol. The average molecular weight is 326 g/mol. The van der Waals surface area contributed by atoms with E-state index < -0.39 is 0 Å². The monoisotopic (exact) mass is 325 g/mol. The van der Waals surface area contributed by atoms with Gasteiger partial charge in [0.05, 0.1) is 6.61 Å². The molecule has 0 spiro atoms. The molecule has 0 atom stereocenters. The van der Waals surface area contributed by atoms with E-state index in [0.29, 0.717) is 25.3 Å². The molecule has 2 aromatic rings. The highest BCUT2D eigenvalue weighted by atomic mass is 79.9. The molecule has 0 aliphatic rings. The number of aryl methyl sites for hydroxylation is 1. The molecule has 0 amide bonds. The Morgan fingerprint density at radius 2 is 1.89 bits per heavy atom. The lowest BCUT2D eigenvalue weighted by atomic mass is 10.3. The number of pyridine rings is 1. The molecule has 0 saturated carbocycles. The van der Waals surface area contributed by atoms with Crippen LogP contribution in [0.5, 0.6) is 5.75 Å². The number of hydrogen-bond donors (Lipinski definition) is 0. The molecule has 1 aromatic heterocycles. The van der Waals surface area contributed by atoms with E-state index in [4.69, 9.17) is 4.74 Å². The first kappa shape index (κ1) is 13.8. The van der Waals surface area contributed by atoms with Gasteiger partial charge in [-0.2, -0.15) is 0 Å². The number of nitrogens with zero attached hydrogens (tertiary/aromatic N) is 1. The zero-order valence-corrected chi connectivity index (χ0v) is 11.8. The van der Waals surface area contributed by atoms with E-state index in [0.717, 1.165) is 4.47 Å². The Kier molecular flexibility index (Phi) is 4.74. The second-order valence-corrected chi connectivity index (χ2v) is 4.95. The van der Waals surface area contributed by atoms with E-state index in [2.05, 4.69) is 15.9 Å². The van der Waals surface area contributed by atoms with Crippen molar-refractivity contribution in [3.05, 3.63) is 63.2 Å². The lowest BCUT2D eigenvalue weighted by Crippen LogP contribution is -2.19. The van der Waals surface area contributed by atoms with E-state index >= 15 is 0 Å². The van der Waals surface area contributed by atoms with Gasteiger partial charge in [0.25, 0.3) is 5.56 Å². The van der Waals surface area contributed by atoms with Gasteiger partial charge in [0, 0.05) is 23.3 Å². The first-order chi connectivity index (χ1) is 9.15. The Bertz CT molecular complexity index is 595. The summed E-state index contributed by atoms with van der Waals surface area (Å²) >= 11 is 3.32. The fourth-order valence-electron chi connectivity index (χ4n) is 1.63. The molecule has 0 N–H and O–H groups in total. The molecule has 1 aromatic carbocycles. The maximum atomic E-state index is 12.7. The maximum absolute atomic E-state index is 12.7. The molecule has 0 saturated heterocycles. The van der Waals surface area contributed by atoms with Crippen LogP contribution < -0.4 is 10.3 Å². The van der Waals surface area contributed by atoms with Crippen LogP contribution in [0, 0.1) is 5.82 Å². The highest BCUT2D eigenvalue weighted by Gasteiger charge is 1.98. The van der Waals surface area contributed by atoms with Gasteiger partial charge in [0.1, 0.15) is 11.6 Å². The molecule has 100 valence electrons.